The van der Waals surface area contributed by atoms with E-state index >= 15 is 0 Å². The van der Waals surface area contributed by atoms with Gasteiger partial charge in [0, 0.05) is 36.8 Å². The molecule has 34 heavy (non-hydrogen) atoms. The first-order chi connectivity index (χ1) is 16.2. The van der Waals surface area contributed by atoms with Crippen molar-refractivity contribution in [1.29, 1.82) is 0 Å². The van der Waals surface area contributed by atoms with Gasteiger partial charge in [0.1, 0.15) is 5.76 Å². The van der Waals surface area contributed by atoms with E-state index in [0.29, 0.717) is 36.9 Å². The monoisotopic (exact) mass is 482 g/mol. The van der Waals surface area contributed by atoms with Crippen LogP contribution >= 0.6 is 11.6 Å². The van der Waals surface area contributed by atoms with Gasteiger partial charge in [0.15, 0.2) is 0 Å². The number of likely N-dealkylation sites (tertiary alicyclic amines) is 1. The van der Waals surface area contributed by atoms with Crippen LogP contribution in [0.2, 0.25) is 5.02 Å². The number of carbonyl (C=O) groups is 2. The summed E-state index contributed by atoms with van der Waals surface area (Å²) in [6, 6.07) is 13.9. The number of amides is 1. The van der Waals surface area contributed by atoms with Crippen molar-refractivity contribution in [3.63, 3.8) is 0 Å². The Morgan fingerprint density at radius 3 is 2.21 bits per heavy atom. The van der Waals surface area contributed by atoms with Gasteiger partial charge in [-0.2, -0.15) is 0 Å². The van der Waals surface area contributed by atoms with E-state index < -0.39 is 17.7 Å². The molecule has 2 saturated heterocycles. The number of benzene rings is 2. The Morgan fingerprint density at radius 2 is 1.62 bits per heavy atom. The molecule has 1 unspecified atom stereocenters. The lowest BCUT2D eigenvalue weighted by Gasteiger charge is -2.31. The second-order valence-electron chi connectivity index (χ2n) is 9.83. The fourth-order valence-electron chi connectivity index (χ4n) is 4.46. The SMILES string of the molecule is CC(C)(C)c1ccc(C2C(=C(O)c3ccc(Cl)cc3)C(=O)C(=O)N2CCN2CCOCC2)cc1. The number of nitrogens with zero attached hydrogens (tertiary/aromatic N) is 2. The van der Waals surface area contributed by atoms with E-state index in [1.165, 1.54) is 0 Å². The average Bonchev–Trinajstić information content (AvgIpc) is 3.08. The summed E-state index contributed by atoms with van der Waals surface area (Å²) in [5.74, 6) is -1.44. The molecule has 0 aliphatic carbocycles. The highest BCUT2D eigenvalue weighted by atomic mass is 35.5. The van der Waals surface area contributed by atoms with Gasteiger partial charge >= 0.3 is 0 Å². The van der Waals surface area contributed by atoms with E-state index in [1.54, 1.807) is 29.2 Å². The van der Waals surface area contributed by atoms with E-state index in [0.717, 1.165) is 24.2 Å². The molecule has 180 valence electrons. The molecule has 6 nitrogen and oxygen atoms in total. The van der Waals surface area contributed by atoms with Gasteiger partial charge in [0.2, 0.25) is 0 Å². The van der Waals surface area contributed by atoms with Crippen molar-refractivity contribution < 1.29 is 19.4 Å². The van der Waals surface area contributed by atoms with Gasteiger partial charge in [0.05, 0.1) is 24.8 Å². The van der Waals surface area contributed by atoms with Crippen molar-refractivity contribution in [2.24, 2.45) is 0 Å². The zero-order valence-corrected chi connectivity index (χ0v) is 20.6. The minimum absolute atomic E-state index is 0.0278. The standard InChI is InChI=1S/C27H31ClN2O4/c1-27(2,3)20-8-4-18(5-9-20)23-22(24(31)19-6-10-21(28)11-7-19)25(32)26(33)30(23)13-12-29-14-16-34-17-15-29/h4-11,23,31H,12-17H2,1-3H3. The lowest BCUT2D eigenvalue weighted by Crippen LogP contribution is -2.42. The minimum atomic E-state index is -0.667. The van der Waals surface area contributed by atoms with E-state index in [9.17, 15) is 14.7 Å². The van der Waals surface area contributed by atoms with Gasteiger partial charge in [-0.15, -0.1) is 0 Å². The van der Waals surface area contributed by atoms with Crippen LogP contribution in [0.4, 0.5) is 0 Å². The number of ether oxygens (including phenoxy) is 1. The van der Waals surface area contributed by atoms with Crippen LogP contribution in [0.3, 0.4) is 0 Å². The van der Waals surface area contributed by atoms with E-state index in [1.807, 2.05) is 24.3 Å². The Labute approximate surface area is 205 Å². The molecule has 1 amide bonds. The molecule has 7 heteroatoms. The summed E-state index contributed by atoms with van der Waals surface area (Å²) in [5.41, 5.74) is 2.48. The fraction of sp³-hybridized carbons (Fsp3) is 0.407. The number of ketones is 1. The third kappa shape index (κ3) is 5.04. The quantitative estimate of drug-likeness (QED) is 0.389. The topological polar surface area (TPSA) is 70.1 Å². The molecule has 2 aliphatic heterocycles. The number of aliphatic hydroxyl groups is 1. The van der Waals surface area contributed by atoms with Crippen LogP contribution in [0.1, 0.15) is 43.5 Å². The van der Waals surface area contributed by atoms with Crippen LogP contribution in [-0.4, -0.2) is 66.0 Å². The predicted molar refractivity (Wildman–Crippen MR) is 133 cm³/mol. The molecule has 0 bridgehead atoms. The second-order valence-corrected chi connectivity index (χ2v) is 10.3. The summed E-state index contributed by atoms with van der Waals surface area (Å²) in [4.78, 5) is 30.2. The summed E-state index contributed by atoms with van der Waals surface area (Å²) in [6.07, 6.45) is 0. The van der Waals surface area contributed by atoms with Crippen LogP contribution in [0.15, 0.2) is 54.1 Å². The summed E-state index contributed by atoms with van der Waals surface area (Å²) in [7, 11) is 0. The molecule has 0 radical (unpaired) electrons. The number of Topliss-reactive ketones (excluding diaryl/α,β-unsaturated/α-hetero) is 1. The van der Waals surface area contributed by atoms with E-state index in [2.05, 4.69) is 25.7 Å². The van der Waals surface area contributed by atoms with Gasteiger partial charge in [-0.05, 0) is 40.8 Å². The maximum atomic E-state index is 13.2. The number of hydrogen-bond acceptors (Lipinski definition) is 5. The number of aliphatic hydroxyl groups excluding tert-OH is 1. The summed E-state index contributed by atoms with van der Waals surface area (Å²) in [5, 5.41) is 11.7. The van der Waals surface area contributed by atoms with Crippen LogP contribution in [0.5, 0.6) is 0 Å². The largest absolute Gasteiger partial charge is 0.507 e. The zero-order chi connectivity index (χ0) is 24.5. The predicted octanol–water partition coefficient (Wildman–Crippen LogP) is 4.39. The number of carbonyl (C=O) groups excluding carboxylic acids is 2. The molecular weight excluding hydrogens is 452 g/mol. The molecule has 2 aromatic rings. The Morgan fingerprint density at radius 1 is 1.00 bits per heavy atom. The van der Waals surface area contributed by atoms with Crippen molar-refractivity contribution >= 4 is 29.1 Å². The molecular formula is C27H31ClN2O4. The van der Waals surface area contributed by atoms with Gasteiger partial charge in [0.25, 0.3) is 11.7 Å². The average molecular weight is 483 g/mol. The zero-order valence-electron chi connectivity index (χ0n) is 19.9. The summed E-state index contributed by atoms with van der Waals surface area (Å²) < 4.78 is 5.42. The van der Waals surface area contributed by atoms with Crippen LogP contribution in [0.25, 0.3) is 5.76 Å². The first-order valence-corrected chi connectivity index (χ1v) is 12.0. The summed E-state index contributed by atoms with van der Waals surface area (Å²) >= 11 is 6.00. The Kier molecular flexibility index (Phi) is 7.12. The number of rotatable bonds is 5. The molecule has 0 spiro atoms. The third-order valence-corrected chi connectivity index (χ3v) is 6.76. The van der Waals surface area contributed by atoms with Crippen molar-refractivity contribution in [1.82, 2.24) is 9.80 Å². The van der Waals surface area contributed by atoms with Gasteiger partial charge in [-0.25, -0.2) is 0 Å². The molecule has 0 aromatic heterocycles. The van der Waals surface area contributed by atoms with E-state index in [-0.39, 0.29) is 16.7 Å². The molecule has 1 atom stereocenters. The van der Waals surface area contributed by atoms with Gasteiger partial charge < -0.3 is 14.7 Å². The highest BCUT2D eigenvalue weighted by molar-refractivity contribution is 6.46. The third-order valence-electron chi connectivity index (χ3n) is 6.51. The second kappa shape index (κ2) is 9.90. The van der Waals surface area contributed by atoms with Crippen molar-refractivity contribution in [3.05, 3.63) is 75.8 Å². The molecule has 4 rings (SSSR count). The lowest BCUT2D eigenvalue weighted by molar-refractivity contribution is -0.140. The van der Waals surface area contributed by atoms with Crippen LogP contribution in [0, 0.1) is 0 Å². The molecule has 0 saturated carbocycles. The molecule has 2 heterocycles. The first kappa shape index (κ1) is 24.5. The van der Waals surface area contributed by atoms with Crippen LogP contribution in [-0.2, 0) is 19.7 Å². The fourth-order valence-corrected chi connectivity index (χ4v) is 4.59. The maximum absolute atomic E-state index is 13.2. The normalized spacial score (nSPS) is 21.3. The van der Waals surface area contributed by atoms with Crippen molar-refractivity contribution in [3.8, 4) is 0 Å². The van der Waals surface area contributed by atoms with Crippen molar-refractivity contribution in [2.45, 2.75) is 32.2 Å². The number of morpholine rings is 1. The lowest BCUT2D eigenvalue weighted by atomic mass is 9.85. The van der Waals surface area contributed by atoms with Crippen LogP contribution < -0.4 is 0 Å². The number of halogens is 1. The molecule has 2 fully saturated rings. The van der Waals surface area contributed by atoms with E-state index in [4.69, 9.17) is 16.3 Å². The molecule has 2 aromatic carbocycles. The Hall–Kier alpha value is -2.67. The minimum Gasteiger partial charge on any atom is -0.507 e. The highest BCUT2D eigenvalue weighted by Crippen LogP contribution is 2.40. The maximum Gasteiger partial charge on any atom is 0.295 e. The van der Waals surface area contributed by atoms with Gasteiger partial charge in [-0.1, -0.05) is 56.6 Å². The van der Waals surface area contributed by atoms with Crippen molar-refractivity contribution in [2.75, 3.05) is 39.4 Å². The molecule has 1 N–H and O–H groups in total. The Balaban J connectivity index is 1.74. The van der Waals surface area contributed by atoms with Gasteiger partial charge in [-0.3, -0.25) is 14.5 Å². The Bertz CT molecular complexity index is 1080. The highest BCUT2D eigenvalue weighted by Gasteiger charge is 2.46. The summed E-state index contributed by atoms with van der Waals surface area (Å²) in [6.45, 7) is 10.3. The smallest absolute Gasteiger partial charge is 0.295 e. The first-order valence-electron chi connectivity index (χ1n) is 11.6. The molecule has 2 aliphatic rings. The number of hydrogen-bond donors (Lipinski definition) is 1.